The number of hydrogen-bond acceptors (Lipinski definition) is 2. The highest BCUT2D eigenvalue weighted by atomic mass is 35.5. The quantitative estimate of drug-likeness (QED) is 0.813. The molecule has 1 unspecified atom stereocenters. The van der Waals surface area contributed by atoms with Crippen molar-refractivity contribution in [1.29, 1.82) is 0 Å². The van der Waals surface area contributed by atoms with Gasteiger partial charge in [-0.25, -0.2) is 4.98 Å². The zero-order valence-electron chi connectivity index (χ0n) is 10.5. The van der Waals surface area contributed by atoms with Crippen LogP contribution in [0.4, 0.5) is 0 Å². The standard InChI is InChI=1S/C13H21ClN2/c1-5-11(13(2,3)4)15-8-10-6-7-12(14)16-9-10/h6-7,9,11,15H,5,8H2,1-4H3. The molecular weight excluding hydrogens is 220 g/mol. The van der Waals surface area contributed by atoms with Gasteiger partial charge in [-0.2, -0.15) is 0 Å². The van der Waals surface area contributed by atoms with E-state index in [1.165, 1.54) is 5.56 Å². The number of nitrogens with zero attached hydrogens (tertiary/aromatic N) is 1. The molecule has 0 saturated heterocycles. The number of rotatable bonds is 4. The molecule has 90 valence electrons. The van der Waals surface area contributed by atoms with E-state index in [2.05, 4.69) is 38.0 Å². The molecule has 1 heterocycles. The Morgan fingerprint density at radius 1 is 1.38 bits per heavy atom. The van der Waals surface area contributed by atoms with E-state index in [-0.39, 0.29) is 5.41 Å². The summed E-state index contributed by atoms with van der Waals surface area (Å²) in [5, 5.41) is 4.11. The van der Waals surface area contributed by atoms with E-state index in [1.807, 2.05) is 18.3 Å². The smallest absolute Gasteiger partial charge is 0.129 e. The van der Waals surface area contributed by atoms with Gasteiger partial charge in [-0.05, 0) is 23.5 Å². The molecule has 16 heavy (non-hydrogen) atoms. The Balaban J connectivity index is 2.53. The van der Waals surface area contributed by atoms with Crippen LogP contribution in [0.15, 0.2) is 18.3 Å². The van der Waals surface area contributed by atoms with Gasteiger partial charge in [-0.15, -0.1) is 0 Å². The van der Waals surface area contributed by atoms with E-state index in [0.717, 1.165) is 13.0 Å². The Labute approximate surface area is 103 Å². The van der Waals surface area contributed by atoms with Crippen LogP contribution in [0.3, 0.4) is 0 Å². The number of halogens is 1. The van der Waals surface area contributed by atoms with Crippen molar-refractivity contribution >= 4 is 11.6 Å². The van der Waals surface area contributed by atoms with Crippen molar-refractivity contribution in [3.8, 4) is 0 Å². The van der Waals surface area contributed by atoms with Crippen LogP contribution in [-0.2, 0) is 6.54 Å². The lowest BCUT2D eigenvalue weighted by Gasteiger charge is -2.30. The summed E-state index contributed by atoms with van der Waals surface area (Å²) in [6.07, 6.45) is 2.95. The Hall–Kier alpha value is -0.600. The summed E-state index contributed by atoms with van der Waals surface area (Å²) in [6.45, 7) is 9.83. The Morgan fingerprint density at radius 2 is 2.06 bits per heavy atom. The first-order valence-corrected chi connectivity index (χ1v) is 6.15. The molecule has 0 aromatic carbocycles. The van der Waals surface area contributed by atoms with Crippen molar-refractivity contribution in [3.63, 3.8) is 0 Å². The van der Waals surface area contributed by atoms with Crippen LogP contribution in [0.25, 0.3) is 0 Å². The molecule has 2 nitrogen and oxygen atoms in total. The lowest BCUT2D eigenvalue weighted by Crippen LogP contribution is -2.39. The lowest BCUT2D eigenvalue weighted by atomic mass is 9.85. The molecule has 1 aromatic rings. The summed E-state index contributed by atoms with van der Waals surface area (Å²) in [6, 6.07) is 4.36. The molecule has 0 aliphatic heterocycles. The van der Waals surface area contributed by atoms with Crippen molar-refractivity contribution in [2.45, 2.75) is 46.7 Å². The molecule has 0 radical (unpaired) electrons. The summed E-state index contributed by atoms with van der Waals surface area (Å²) in [5.41, 5.74) is 1.46. The molecule has 1 rings (SSSR count). The first-order valence-electron chi connectivity index (χ1n) is 5.77. The molecule has 0 bridgehead atoms. The lowest BCUT2D eigenvalue weighted by molar-refractivity contribution is 0.259. The molecule has 0 aliphatic carbocycles. The van der Waals surface area contributed by atoms with Gasteiger partial charge in [0.05, 0.1) is 0 Å². The molecular formula is C13H21ClN2. The summed E-state index contributed by atoms with van der Waals surface area (Å²) in [4.78, 5) is 4.07. The maximum absolute atomic E-state index is 5.74. The molecule has 0 amide bonds. The van der Waals surface area contributed by atoms with Crippen LogP contribution >= 0.6 is 11.6 Å². The minimum absolute atomic E-state index is 0.286. The van der Waals surface area contributed by atoms with E-state index in [1.54, 1.807) is 0 Å². The number of pyridine rings is 1. The van der Waals surface area contributed by atoms with Gasteiger partial charge in [0.2, 0.25) is 0 Å². The maximum Gasteiger partial charge on any atom is 0.129 e. The first-order chi connectivity index (χ1) is 7.43. The van der Waals surface area contributed by atoms with Gasteiger partial charge in [0.1, 0.15) is 5.15 Å². The maximum atomic E-state index is 5.74. The molecule has 1 atom stereocenters. The SMILES string of the molecule is CCC(NCc1ccc(Cl)nc1)C(C)(C)C. The van der Waals surface area contributed by atoms with Gasteiger partial charge in [-0.1, -0.05) is 45.4 Å². The highest BCUT2D eigenvalue weighted by Crippen LogP contribution is 2.21. The molecule has 0 aliphatic rings. The molecule has 3 heteroatoms. The van der Waals surface area contributed by atoms with Gasteiger partial charge in [0.25, 0.3) is 0 Å². The fourth-order valence-electron chi connectivity index (χ4n) is 1.81. The van der Waals surface area contributed by atoms with Crippen LogP contribution in [0.1, 0.15) is 39.7 Å². The van der Waals surface area contributed by atoms with E-state index < -0.39 is 0 Å². The second-order valence-corrected chi connectivity index (χ2v) is 5.58. The Morgan fingerprint density at radius 3 is 2.50 bits per heavy atom. The largest absolute Gasteiger partial charge is 0.309 e. The topological polar surface area (TPSA) is 24.9 Å². The van der Waals surface area contributed by atoms with Crippen molar-refractivity contribution in [1.82, 2.24) is 10.3 Å². The van der Waals surface area contributed by atoms with E-state index in [0.29, 0.717) is 11.2 Å². The van der Waals surface area contributed by atoms with Gasteiger partial charge in [0.15, 0.2) is 0 Å². The Bertz CT molecular complexity index is 314. The van der Waals surface area contributed by atoms with Crippen LogP contribution in [0, 0.1) is 5.41 Å². The van der Waals surface area contributed by atoms with Gasteiger partial charge in [0, 0.05) is 18.8 Å². The van der Waals surface area contributed by atoms with Gasteiger partial charge >= 0.3 is 0 Å². The highest BCUT2D eigenvalue weighted by Gasteiger charge is 2.21. The monoisotopic (exact) mass is 240 g/mol. The molecule has 1 aromatic heterocycles. The van der Waals surface area contributed by atoms with Crippen molar-refractivity contribution in [2.75, 3.05) is 0 Å². The zero-order valence-corrected chi connectivity index (χ0v) is 11.3. The fourth-order valence-corrected chi connectivity index (χ4v) is 1.93. The third-order valence-electron chi connectivity index (χ3n) is 2.79. The second-order valence-electron chi connectivity index (χ2n) is 5.20. The third kappa shape index (κ3) is 4.11. The van der Waals surface area contributed by atoms with Gasteiger partial charge < -0.3 is 5.32 Å². The summed E-state index contributed by atoms with van der Waals surface area (Å²) < 4.78 is 0. The van der Waals surface area contributed by atoms with Crippen LogP contribution in [0.5, 0.6) is 0 Å². The predicted octanol–water partition coefficient (Wildman–Crippen LogP) is 3.65. The third-order valence-corrected chi connectivity index (χ3v) is 3.02. The van der Waals surface area contributed by atoms with Crippen molar-refractivity contribution < 1.29 is 0 Å². The summed E-state index contributed by atoms with van der Waals surface area (Å²) in [7, 11) is 0. The highest BCUT2D eigenvalue weighted by molar-refractivity contribution is 6.29. The average Bonchev–Trinajstić information content (AvgIpc) is 2.19. The van der Waals surface area contributed by atoms with Crippen molar-refractivity contribution in [3.05, 3.63) is 29.0 Å². The normalized spacial score (nSPS) is 13.8. The number of aromatic nitrogens is 1. The van der Waals surface area contributed by atoms with E-state index in [9.17, 15) is 0 Å². The van der Waals surface area contributed by atoms with Crippen LogP contribution in [-0.4, -0.2) is 11.0 Å². The fraction of sp³-hybridized carbons (Fsp3) is 0.615. The molecule has 0 saturated carbocycles. The minimum atomic E-state index is 0.286. The minimum Gasteiger partial charge on any atom is -0.309 e. The van der Waals surface area contributed by atoms with Crippen LogP contribution in [0.2, 0.25) is 5.15 Å². The molecule has 0 fully saturated rings. The average molecular weight is 241 g/mol. The zero-order chi connectivity index (χ0) is 12.2. The molecule has 1 N–H and O–H groups in total. The Kier molecular flexibility index (Phi) is 4.75. The summed E-state index contributed by atoms with van der Waals surface area (Å²) >= 11 is 5.74. The number of nitrogens with one attached hydrogen (secondary N) is 1. The van der Waals surface area contributed by atoms with E-state index in [4.69, 9.17) is 11.6 Å². The predicted molar refractivity (Wildman–Crippen MR) is 69.6 cm³/mol. The molecule has 0 spiro atoms. The second kappa shape index (κ2) is 5.65. The van der Waals surface area contributed by atoms with Crippen LogP contribution < -0.4 is 5.32 Å². The van der Waals surface area contributed by atoms with Crippen molar-refractivity contribution in [2.24, 2.45) is 5.41 Å². The first kappa shape index (κ1) is 13.5. The summed E-state index contributed by atoms with van der Waals surface area (Å²) in [5.74, 6) is 0. The number of hydrogen-bond donors (Lipinski definition) is 1. The van der Waals surface area contributed by atoms with Gasteiger partial charge in [-0.3, -0.25) is 0 Å². The van der Waals surface area contributed by atoms with E-state index >= 15 is 0 Å².